The van der Waals surface area contributed by atoms with Gasteiger partial charge in [-0.25, -0.2) is 8.61 Å². The van der Waals surface area contributed by atoms with Gasteiger partial charge in [0.2, 0.25) is 0 Å². The first-order valence-corrected chi connectivity index (χ1v) is 7.87. The molecule has 0 amide bonds. The van der Waals surface area contributed by atoms with Gasteiger partial charge in [-0.15, -0.1) is 0 Å². The molecule has 0 fully saturated rings. The van der Waals surface area contributed by atoms with E-state index in [1.54, 1.807) is 7.11 Å². The SMILES string of the molecule is CCN(CCOC)SN(C)[C@H](c1ccc(Cl)cc1)C(F)(F)F. The van der Waals surface area contributed by atoms with Crippen LogP contribution in [0.5, 0.6) is 0 Å². The summed E-state index contributed by atoms with van der Waals surface area (Å²) in [6.07, 6.45) is -4.38. The van der Waals surface area contributed by atoms with Gasteiger partial charge < -0.3 is 4.74 Å². The molecule has 0 aromatic heterocycles. The second-order valence-electron chi connectivity index (χ2n) is 4.64. The van der Waals surface area contributed by atoms with Gasteiger partial charge in [0, 0.05) is 37.4 Å². The van der Waals surface area contributed by atoms with E-state index in [9.17, 15) is 13.2 Å². The van der Waals surface area contributed by atoms with Crippen molar-refractivity contribution in [2.45, 2.75) is 19.1 Å². The Bertz CT molecular complexity index is 445. The number of methoxy groups -OCH3 is 1. The lowest BCUT2D eigenvalue weighted by Gasteiger charge is -2.32. The van der Waals surface area contributed by atoms with E-state index in [0.717, 1.165) is 12.1 Å². The van der Waals surface area contributed by atoms with Gasteiger partial charge in [0.25, 0.3) is 0 Å². The van der Waals surface area contributed by atoms with Crippen LogP contribution in [0, 0.1) is 0 Å². The fourth-order valence-corrected chi connectivity index (χ4v) is 3.03. The number of likely N-dealkylation sites (N-methyl/N-ethyl adjacent to an activating group) is 1. The Morgan fingerprint density at radius 2 is 1.86 bits per heavy atom. The Morgan fingerprint density at radius 3 is 2.32 bits per heavy atom. The summed E-state index contributed by atoms with van der Waals surface area (Å²) in [7, 11) is 3.00. The first-order valence-electron chi connectivity index (χ1n) is 6.76. The molecule has 0 N–H and O–H groups in total. The van der Waals surface area contributed by atoms with E-state index >= 15 is 0 Å². The van der Waals surface area contributed by atoms with Crippen molar-refractivity contribution in [3.8, 4) is 0 Å². The van der Waals surface area contributed by atoms with Crippen LogP contribution in [0.1, 0.15) is 18.5 Å². The van der Waals surface area contributed by atoms with Gasteiger partial charge in [-0.1, -0.05) is 30.7 Å². The third-order valence-electron chi connectivity index (χ3n) is 3.00. The molecule has 0 aliphatic heterocycles. The maximum atomic E-state index is 13.4. The number of ether oxygens (including phenoxy) is 1. The van der Waals surface area contributed by atoms with Crippen molar-refractivity contribution < 1.29 is 17.9 Å². The predicted molar refractivity (Wildman–Crippen MR) is 84.7 cm³/mol. The van der Waals surface area contributed by atoms with Crippen molar-refractivity contribution in [2.24, 2.45) is 0 Å². The zero-order valence-corrected chi connectivity index (χ0v) is 14.3. The monoisotopic (exact) mass is 356 g/mol. The third kappa shape index (κ3) is 5.96. The van der Waals surface area contributed by atoms with Crippen LogP contribution in [0.15, 0.2) is 24.3 Å². The summed E-state index contributed by atoms with van der Waals surface area (Å²) in [5.41, 5.74) is 0.162. The maximum Gasteiger partial charge on any atom is 0.408 e. The van der Waals surface area contributed by atoms with Crippen LogP contribution in [-0.2, 0) is 4.74 Å². The van der Waals surface area contributed by atoms with Crippen LogP contribution < -0.4 is 0 Å². The Kier molecular flexibility index (Phi) is 7.99. The number of alkyl halides is 3. The molecule has 0 spiro atoms. The molecule has 1 aromatic carbocycles. The Morgan fingerprint density at radius 1 is 1.27 bits per heavy atom. The van der Waals surface area contributed by atoms with E-state index < -0.39 is 12.2 Å². The lowest BCUT2D eigenvalue weighted by Crippen LogP contribution is -2.35. The highest BCUT2D eigenvalue weighted by Crippen LogP contribution is 2.40. The second-order valence-corrected chi connectivity index (χ2v) is 6.33. The van der Waals surface area contributed by atoms with Gasteiger partial charge >= 0.3 is 6.18 Å². The number of hydrogen-bond donors (Lipinski definition) is 0. The average Bonchev–Trinajstić information content (AvgIpc) is 2.44. The van der Waals surface area contributed by atoms with Crippen molar-refractivity contribution in [1.29, 1.82) is 0 Å². The van der Waals surface area contributed by atoms with Gasteiger partial charge in [-0.2, -0.15) is 13.2 Å². The molecule has 1 aromatic rings. The summed E-state index contributed by atoms with van der Waals surface area (Å²) in [5.74, 6) is 0. The van der Waals surface area contributed by atoms with E-state index in [1.807, 2.05) is 11.2 Å². The highest BCUT2D eigenvalue weighted by Gasteiger charge is 2.44. The van der Waals surface area contributed by atoms with Gasteiger partial charge in [0.1, 0.15) is 6.04 Å². The topological polar surface area (TPSA) is 15.7 Å². The molecule has 8 heteroatoms. The van der Waals surface area contributed by atoms with Gasteiger partial charge in [0.05, 0.1) is 6.61 Å². The molecule has 0 aliphatic rings. The molecular weight excluding hydrogens is 337 g/mol. The van der Waals surface area contributed by atoms with Crippen LogP contribution in [0.25, 0.3) is 0 Å². The highest BCUT2D eigenvalue weighted by molar-refractivity contribution is 7.94. The smallest absolute Gasteiger partial charge is 0.383 e. The number of nitrogens with zero attached hydrogens (tertiary/aromatic N) is 2. The normalized spacial score (nSPS) is 13.9. The summed E-state index contributed by atoms with van der Waals surface area (Å²) in [6, 6.07) is 4.05. The molecule has 0 bridgehead atoms. The lowest BCUT2D eigenvalue weighted by atomic mass is 10.1. The van der Waals surface area contributed by atoms with Crippen molar-refractivity contribution >= 4 is 23.7 Å². The van der Waals surface area contributed by atoms with Crippen LogP contribution in [-0.4, -0.2) is 48.6 Å². The zero-order valence-electron chi connectivity index (χ0n) is 12.7. The van der Waals surface area contributed by atoms with E-state index in [-0.39, 0.29) is 5.56 Å². The summed E-state index contributed by atoms with van der Waals surface area (Å²) in [6.45, 7) is 3.52. The lowest BCUT2D eigenvalue weighted by molar-refractivity contribution is -0.170. The summed E-state index contributed by atoms with van der Waals surface area (Å²) >= 11 is 6.80. The molecule has 0 radical (unpaired) electrons. The third-order valence-corrected chi connectivity index (χ3v) is 4.39. The van der Waals surface area contributed by atoms with Crippen LogP contribution in [0.3, 0.4) is 0 Å². The summed E-state index contributed by atoms with van der Waals surface area (Å²) < 4.78 is 48.3. The van der Waals surface area contributed by atoms with Crippen LogP contribution in [0.2, 0.25) is 5.02 Å². The van der Waals surface area contributed by atoms with E-state index in [1.165, 1.54) is 35.6 Å². The average molecular weight is 357 g/mol. The van der Waals surface area contributed by atoms with Gasteiger partial charge in [0.15, 0.2) is 0 Å². The Labute approximate surface area is 138 Å². The molecule has 22 heavy (non-hydrogen) atoms. The summed E-state index contributed by atoms with van der Waals surface area (Å²) in [5, 5.41) is 0.412. The maximum absolute atomic E-state index is 13.4. The molecule has 0 unspecified atom stereocenters. The van der Waals surface area contributed by atoms with Crippen molar-refractivity contribution in [1.82, 2.24) is 8.61 Å². The van der Waals surface area contributed by atoms with E-state index in [0.29, 0.717) is 24.7 Å². The summed E-state index contributed by atoms with van der Waals surface area (Å²) in [4.78, 5) is 0. The first kappa shape index (κ1) is 19.6. The Balaban J connectivity index is 2.89. The number of benzene rings is 1. The molecule has 0 saturated carbocycles. The zero-order chi connectivity index (χ0) is 16.8. The first-order chi connectivity index (χ1) is 10.3. The number of rotatable bonds is 8. The largest absolute Gasteiger partial charge is 0.408 e. The fourth-order valence-electron chi connectivity index (χ4n) is 1.93. The minimum Gasteiger partial charge on any atom is -0.383 e. The standard InChI is InChI=1S/C14H20ClF3N2OS/c1-4-20(9-10-21-3)22-19(2)13(14(16,17)18)11-5-7-12(15)8-6-11/h5-8,13H,4,9-10H2,1-3H3/t13-/m1/s1. The molecule has 126 valence electrons. The number of hydrogen-bond acceptors (Lipinski definition) is 4. The van der Waals surface area contributed by atoms with Crippen molar-refractivity contribution in [3.05, 3.63) is 34.9 Å². The van der Waals surface area contributed by atoms with Gasteiger partial charge in [-0.05, 0) is 24.7 Å². The number of halogens is 4. The predicted octanol–water partition coefficient (Wildman–Crippen LogP) is 4.41. The minimum absolute atomic E-state index is 0.162. The molecular formula is C14H20ClF3N2OS. The Hall–Kier alpha value is -0.470. The molecule has 0 heterocycles. The fraction of sp³-hybridized carbons (Fsp3) is 0.571. The van der Waals surface area contributed by atoms with Crippen LogP contribution in [0.4, 0.5) is 13.2 Å². The molecule has 0 aliphatic carbocycles. The van der Waals surface area contributed by atoms with E-state index in [4.69, 9.17) is 16.3 Å². The van der Waals surface area contributed by atoms with Crippen molar-refractivity contribution in [3.63, 3.8) is 0 Å². The molecule has 1 rings (SSSR count). The van der Waals surface area contributed by atoms with Crippen LogP contribution >= 0.6 is 23.7 Å². The minimum atomic E-state index is -4.38. The molecule has 3 nitrogen and oxygen atoms in total. The van der Waals surface area contributed by atoms with Crippen molar-refractivity contribution in [2.75, 3.05) is 33.9 Å². The molecule has 1 atom stereocenters. The second kappa shape index (κ2) is 8.98. The molecule has 0 saturated heterocycles. The highest BCUT2D eigenvalue weighted by atomic mass is 35.5. The quantitative estimate of drug-likeness (QED) is 0.641. The van der Waals surface area contributed by atoms with Gasteiger partial charge in [-0.3, -0.25) is 0 Å². The van der Waals surface area contributed by atoms with E-state index in [2.05, 4.69) is 0 Å².